The average Bonchev–Trinajstić information content (AvgIpc) is 2.79. The van der Waals surface area contributed by atoms with Crippen molar-refractivity contribution in [2.75, 3.05) is 12.3 Å². The van der Waals surface area contributed by atoms with Crippen LogP contribution < -0.4 is 5.73 Å². The molecule has 0 spiro atoms. The molecule has 1 aromatic carbocycles. The summed E-state index contributed by atoms with van der Waals surface area (Å²) in [6.07, 6.45) is 0. The van der Waals surface area contributed by atoms with Crippen molar-refractivity contribution < 1.29 is 4.39 Å². The Morgan fingerprint density at radius 2 is 2.11 bits per heavy atom. The fraction of sp³-hybridized carbons (Fsp3) is 0.286. The quantitative estimate of drug-likeness (QED) is 0.838. The van der Waals surface area contributed by atoms with Crippen molar-refractivity contribution in [3.05, 3.63) is 52.0 Å². The minimum atomic E-state index is -0.267. The summed E-state index contributed by atoms with van der Waals surface area (Å²) in [6, 6.07) is 8.90. The third kappa shape index (κ3) is 3.55. The standard InChI is InChI=1S/C14H17FN2S/c1-2-17(10-14-4-3-5-18-14)9-11-6-12(15)8-13(16)7-11/h3-8H,2,9-10,16H2,1H3. The maximum atomic E-state index is 13.3. The number of hydrogen-bond donors (Lipinski definition) is 1. The Labute approximate surface area is 111 Å². The molecule has 1 aromatic heterocycles. The van der Waals surface area contributed by atoms with E-state index in [9.17, 15) is 4.39 Å². The lowest BCUT2D eigenvalue weighted by molar-refractivity contribution is 0.273. The second-order valence-corrected chi connectivity index (χ2v) is 5.31. The molecule has 0 unspecified atom stereocenters. The third-order valence-corrected chi connectivity index (χ3v) is 3.65. The number of thiophene rings is 1. The molecule has 0 aliphatic carbocycles. The lowest BCUT2D eigenvalue weighted by Gasteiger charge is -2.19. The number of rotatable bonds is 5. The van der Waals surface area contributed by atoms with Gasteiger partial charge in [0.05, 0.1) is 0 Å². The summed E-state index contributed by atoms with van der Waals surface area (Å²) in [5.41, 5.74) is 7.06. The van der Waals surface area contributed by atoms with E-state index in [0.29, 0.717) is 5.69 Å². The van der Waals surface area contributed by atoms with Crippen LogP contribution in [0.3, 0.4) is 0 Å². The van der Waals surface area contributed by atoms with Crippen LogP contribution >= 0.6 is 11.3 Å². The van der Waals surface area contributed by atoms with E-state index in [1.807, 2.05) is 12.1 Å². The van der Waals surface area contributed by atoms with Gasteiger partial charge in [0.25, 0.3) is 0 Å². The lowest BCUT2D eigenvalue weighted by atomic mass is 10.2. The van der Waals surface area contributed by atoms with Crippen molar-refractivity contribution >= 4 is 17.0 Å². The molecular weight excluding hydrogens is 247 g/mol. The van der Waals surface area contributed by atoms with E-state index in [0.717, 1.165) is 25.2 Å². The van der Waals surface area contributed by atoms with Gasteiger partial charge in [0, 0.05) is 23.7 Å². The summed E-state index contributed by atoms with van der Waals surface area (Å²) in [4.78, 5) is 3.58. The number of anilines is 1. The number of nitrogen functional groups attached to an aromatic ring is 1. The number of hydrogen-bond acceptors (Lipinski definition) is 3. The molecule has 0 atom stereocenters. The van der Waals surface area contributed by atoms with E-state index in [1.54, 1.807) is 17.4 Å². The highest BCUT2D eigenvalue weighted by atomic mass is 32.1. The smallest absolute Gasteiger partial charge is 0.125 e. The van der Waals surface area contributed by atoms with Crippen molar-refractivity contribution in [2.45, 2.75) is 20.0 Å². The Bertz CT molecular complexity index is 476. The van der Waals surface area contributed by atoms with E-state index in [-0.39, 0.29) is 5.82 Å². The Morgan fingerprint density at radius 1 is 1.28 bits per heavy atom. The van der Waals surface area contributed by atoms with Gasteiger partial charge in [0.15, 0.2) is 0 Å². The molecule has 2 N–H and O–H groups in total. The SMILES string of the molecule is CCN(Cc1cc(N)cc(F)c1)Cc1cccs1. The molecule has 18 heavy (non-hydrogen) atoms. The van der Waals surface area contributed by atoms with Crippen molar-refractivity contribution in [1.82, 2.24) is 4.90 Å². The van der Waals surface area contributed by atoms with Gasteiger partial charge in [-0.15, -0.1) is 11.3 Å². The molecule has 4 heteroatoms. The van der Waals surface area contributed by atoms with E-state index in [2.05, 4.69) is 23.3 Å². The molecule has 2 aromatic rings. The van der Waals surface area contributed by atoms with Crippen LogP contribution in [0.25, 0.3) is 0 Å². The summed E-state index contributed by atoms with van der Waals surface area (Å²) < 4.78 is 13.3. The predicted octanol–water partition coefficient (Wildman–Crippen LogP) is 3.49. The molecular formula is C14H17FN2S. The van der Waals surface area contributed by atoms with E-state index in [1.165, 1.54) is 10.9 Å². The number of nitrogens with zero attached hydrogens (tertiary/aromatic N) is 1. The van der Waals surface area contributed by atoms with Crippen molar-refractivity contribution in [3.63, 3.8) is 0 Å². The predicted molar refractivity (Wildman–Crippen MR) is 74.9 cm³/mol. The Morgan fingerprint density at radius 3 is 2.72 bits per heavy atom. The van der Waals surface area contributed by atoms with Gasteiger partial charge in [-0.05, 0) is 41.8 Å². The zero-order valence-corrected chi connectivity index (χ0v) is 11.2. The normalized spacial score (nSPS) is 11.1. The summed E-state index contributed by atoms with van der Waals surface area (Å²) in [5, 5.41) is 2.07. The first-order valence-corrected chi connectivity index (χ1v) is 6.85. The Balaban J connectivity index is 2.05. The number of halogens is 1. The van der Waals surface area contributed by atoms with E-state index < -0.39 is 0 Å². The van der Waals surface area contributed by atoms with Crippen molar-refractivity contribution in [2.24, 2.45) is 0 Å². The van der Waals surface area contributed by atoms with E-state index >= 15 is 0 Å². The summed E-state index contributed by atoms with van der Waals surface area (Å²) >= 11 is 1.74. The highest BCUT2D eigenvalue weighted by Crippen LogP contribution is 2.16. The molecule has 0 saturated carbocycles. The van der Waals surface area contributed by atoms with Gasteiger partial charge in [0.2, 0.25) is 0 Å². The summed E-state index contributed by atoms with van der Waals surface area (Å²) in [5.74, 6) is -0.267. The zero-order chi connectivity index (χ0) is 13.0. The average molecular weight is 264 g/mol. The molecule has 0 fully saturated rings. The molecule has 0 bridgehead atoms. The van der Waals surface area contributed by atoms with Gasteiger partial charge < -0.3 is 5.73 Å². The van der Waals surface area contributed by atoms with Crippen LogP contribution in [0.15, 0.2) is 35.7 Å². The third-order valence-electron chi connectivity index (χ3n) is 2.79. The zero-order valence-electron chi connectivity index (χ0n) is 10.4. The molecule has 96 valence electrons. The van der Waals surface area contributed by atoms with Crippen LogP contribution in [0.1, 0.15) is 17.4 Å². The van der Waals surface area contributed by atoms with Crippen molar-refractivity contribution in [3.8, 4) is 0 Å². The van der Waals surface area contributed by atoms with Gasteiger partial charge in [-0.2, -0.15) is 0 Å². The second-order valence-electron chi connectivity index (χ2n) is 4.28. The largest absolute Gasteiger partial charge is 0.399 e. The fourth-order valence-corrected chi connectivity index (χ4v) is 2.67. The van der Waals surface area contributed by atoms with Crippen LogP contribution in [0.4, 0.5) is 10.1 Å². The Hall–Kier alpha value is -1.39. The first kappa shape index (κ1) is 13.1. The molecule has 2 nitrogen and oxygen atoms in total. The molecule has 0 saturated heterocycles. The number of benzene rings is 1. The van der Waals surface area contributed by atoms with Gasteiger partial charge in [-0.25, -0.2) is 4.39 Å². The molecule has 0 radical (unpaired) electrons. The minimum Gasteiger partial charge on any atom is -0.399 e. The van der Waals surface area contributed by atoms with Gasteiger partial charge in [-0.1, -0.05) is 13.0 Å². The van der Waals surface area contributed by atoms with Gasteiger partial charge in [0.1, 0.15) is 5.82 Å². The van der Waals surface area contributed by atoms with Crippen LogP contribution in [-0.2, 0) is 13.1 Å². The fourth-order valence-electron chi connectivity index (χ4n) is 1.93. The first-order valence-electron chi connectivity index (χ1n) is 5.97. The van der Waals surface area contributed by atoms with Crippen LogP contribution in [0.2, 0.25) is 0 Å². The van der Waals surface area contributed by atoms with Gasteiger partial charge >= 0.3 is 0 Å². The highest BCUT2D eigenvalue weighted by Gasteiger charge is 2.07. The summed E-state index contributed by atoms with van der Waals surface area (Å²) in [7, 11) is 0. The molecule has 1 heterocycles. The van der Waals surface area contributed by atoms with Crippen molar-refractivity contribution in [1.29, 1.82) is 0 Å². The Kier molecular flexibility index (Phi) is 4.33. The molecule has 0 aliphatic rings. The maximum absolute atomic E-state index is 13.3. The topological polar surface area (TPSA) is 29.3 Å². The maximum Gasteiger partial charge on any atom is 0.125 e. The lowest BCUT2D eigenvalue weighted by Crippen LogP contribution is -2.21. The summed E-state index contributed by atoms with van der Waals surface area (Å²) in [6.45, 7) is 4.64. The van der Waals surface area contributed by atoms with Crippen LogP contribution in [0.5, 0.6) is 0 Å². The second kappa shape index (κ2) is 5.98. The van der Waals surface area contributed by atoms with E-state index in [4.69, 9.17) is 5.73 Å². The first-order chi connectivity index (χ1) is 8.67. The minimum absolute atomic E-state index is 0.267. The number of nitrogens with two attached hydrogens (primary N) is 1. The van der Waals surface area contributed by atoms with Gasteiger partial charge in [-0.3, -0.25) is 4.90 Å². The molecule has 2 rings (SSSR count). The molecule has 0 amide bonds. The van der Waals surface area contributed by atoms with Crippen LogP contribution in [-0.4, -0.2) is 11.4 Å². The highest BCUT2D eigenvalue weighted by molar-refractivity contribution is 7.09. The monoisotopic (exact) mass is 264 g/mol. The molecule has 0 aliphatic heterocycles. The van der Waals surface area contributed by atoms with Crippen LogP contribution in [0, 0.1) is 5.82 Å².